The van der Waals surface area contributed by atoms with Gasteiger partial charge in [-0.25, -0.2) is 4.99 Å². The van der Waals surface area contributed by atoms with Gasteiger partial charge in [0.05, 0.1) is 25.2 Å². The van der Waals surface area contributed by atoms with Gasteiger partial charge >= 0.3 is 0 Å². The van der Waals surface area contributed by atoms with E-state index in [0.29, 0.717) is 0 Å². The molecule has 3 N–H and O–H groups in total. The normalized spacial score (nSPS) is 13.5. The van der Waals surface area contributed by atoms with Crippen molar-refractivity contribution in [3.63, 3.8) is 0 Å². The van der Waals surface area contributed by atoms with Crippen LogP contribution in [0.15, 0.2) is 29.4 Å². The van der Waals surface area contributed by atoms with Gasteiger partial charge in [0.25, 0.3) is 0 Å². The number of aliphatic imine (C=N–C) groups is 1. The maximum absolute atomic E-state index is 8.25. The van der Waals surface area contributed by atoms with Crippen LogP contribution in [0.4, 0.5) is 0 Å². The van der Waals surface area contributed by atoms with E-state index in [4.69, 9.17) is 20.1 Å². The van der Waals surface area contributed by atoms with Crippen molar-refractivity contribution in [2.24, 2.45) is 4.99 Å². The Morgan fingerprint density at radius 3 is 2.86 bits per heavy atom. The van der Waals surface area contributed by atoms with E-state index in [1.165, 1.54) is 16.8 Å². The van der Waals surface area contributed by atoms with E-state index in [2.05, 4.69) is 33.6 Å². The molecule has 112 valence electrons. The van der Waals surface area contributed by atoms with Crippen molar-refractivity contribution < 1.29 is 15.1 Å². The molecule has 0 saturated carbocycles. The molecule has 2 heterocycles. The van der Waals surface area contributed by atoms with Gasteiger partial charge in [-0.15, -0.1) is 0 Å². The quantitative estimate of drug-likeness (QED) is 0.630. The largest absolute Gasteiger partial charge is 0.497 e. The number of H-pyrrole nitrogens is 1. The molecule has 0 aliphatic carbocycles. The van der Waals surface area contributed by atoms with Crippen LogP contribution in [-0.4, -0.2) is 36.1 Å². The second-order valence-electron chi connectivity index (χ2n) is 4.49. The average molecular weight is 292 g/mol. The van der Waals surface area contributed by atoms with Crippen LogP contribution >= 0.6 is 0 Å². The molecule has 0 bridgehead atoms. The summed E-state index contributed by atoms with van der Waals surface area (Å²) in [7, 11) is 1.70. The minimum absolute atomic E-state index is 0.899. The van der Waals surface area contributed by atoms with Crippen LogP contribution in [-0.2, 0) is 6.42 Å². The number of quaternary nitrogens is 1. The molecular formula is C13H16N4O4. The second kappa shape index (κ2) is 6.71. The molecular weight excluding hydrogens is 276 g/mol. The molecule has 3 rings (SSSR count). The summed E-state index contributed by atoms with van der Waals surface area (Å²) in [6.07, 6.45) is 2.98. The lowest BCUT2D eigenvalue weighted by Gasteiger charge is -2.01. The van der Waals surface area contributed by atoms with E-state index in [-0.39, 0.29) is 0 Å². The highest BCUT2D eigenvalue weighted by molar-refractivity contribution is 5.89. The lowest BCUT2D eigenvalue weighted by Crippen LogP contribution is -2.86. The van der Waals surface area contributed by atoms with Crippen molar-refractivity contribution in [2.75, 3.05) is 20.2 Å². The molecule has 0 atom stereocenters. The number of hydrogen-bond donors (Lipinski definition) is 2. The topological polar surface area (TPSA) is 120 Å². The van der Waals surface area contributed by atoms with E-state index in [0.717, 1.165) is 30.8 Å². The predicted octanol–water partition coefficient (Wildman–Crippen LogP) is 0.455. The van der Waals surface area contributed by atoms with Crippen LogP contribution in [0.25, 0.3) is 10.9 Å². The van der Waals surface area contributed by atoms with Gasteiger partial charge in [0.1, 0.15) is 12.3 Å². The van der Waals surface area contributed by atoms with Crippen LogP contribution in [0.2, 0.25) is 0 Å². The second-order valence-corrected chi connectivity index (χ2v) is 4.49. The number of amidine groups is 1. The molecule has 1 aromatic heterocycles. The molecule has 0 spiro atoms. The zero-order valence-electron chi connectivity index (χ0n) is 11.5. The molecule has 0 amide bonds. The Morgan fingerprint density at radius 1 is 1.48 bits per heavy atom. The first-order chi connectivity index (χ1) is 10.1. The monoisotopic (exact) mass is 292 g/mol. The summed E-state index contributed by atoms with van der Waals surface area (Å²) in [6.45, 7) is 2.03. The van der Waals surface area contributed by atoms with Crippen molar-refractivity contribution in [1.82, 2.24) is 4.98 Å². The molecule has 1 aromatic carbocycles. The molecule has 21 heavy (non-hydrogen) atoms. The number of benzene rings is 1. The molecule has 1 aliphatic rings. The van der Waals surface area contributed by atoms with Crippen LogP contribution < -0.4 is 10.1 Å². The molecule has 0 radical (unpaired) electrons. The Kier molecular flexibility index (Phi) is 4.72. The van der Waals surface area contributed by atoms with Gasteiger partial charge in [-0.1, -0.05) is 0 Å². The molecule has 0 unspecified atom stereocenters. The minimum Gasteiger partial charge on any atom is -0.497 e. The Morgan fingerprint density at radius 2 is 2.24 bits per heavy atom. The van der Waals surface area contributed by atoms with Crippen molar-refractivity contribution in [3.8, 4) is 5.75 Å². The summed E-state index contributed by atoms with van der Waals surface area (Å²) in [5.74, 6) is 2.10. The van der Waals surface area contributed by atoms with Crippen LogP contribution in [0.5, 0.6) is 5.75 Å². The van der Waals surface area contributed by atoms with Crippen LogP contribution in [0.1, 0.15) is 5.56 Å². The highest BCUT2D eigenvalue weighted by Gasteiger charge is 2.14. The number of nitrogens with two attached hydrogens (primary N) is 1. The number of rotatable bonds is 3. The standard InChI is InChI=1S/C13H15N3O.NO3/c1-17-10-2-3-12-11(7-10)9(8-16-12)6-13-14-4-5-15-13;2-1(3)4/h2-3,7-8,16H,4-6H2,1H3,(H,14,15);/q;-1/p+1. The van der Waals surface area contributed by atoms with Crippen molar-refractivity contribution >= 4 is 16.7 Å². The molecule has 0 fully saturated rings. The highest BCUT2D eigenvalue weighted by Crippen LogP contribution is 2.23. The number of aromatic amines is 1. The number of nitrogens with one attached hydrogen (secondary N) is 1. The van der Waals surface area contributed by atoms with Crippen LogP contribution in [0, 0.1) is 15.3 Å². The smallest absolute Gasteiger partial charge is 0.199 e. The summed E-state index contributed by atoms with van der Waals surface area (Å²) in [4.78, 5) is 16.0. The van der Waals surface area contributed by atoms with Crippen molar-refractivity contribution in [2.45, 2.75) is 6.42 Å². The Labute approximate surface area is 120 Å². The third kappa shape index (κ3) is 3.93. The van der Waals surface area contributed by atoms with Crippen LogP contribution in [0.3, 0.4) is 0 Å². The predicted molar refractivity (Wildman–Crippen MR) is 78.0 cm³/mol. The highest BCUT2D eigenvalue weighted by atomic mass is 16.9. The number of methoxy groups -OCH3 is 1. The number of ether oxygens (including phenoxy) is 1. The summed E-state index contributed by atoms with van der Waals surface area (Å²) in [5, 5.41) is 18.2. The minimum atomic E-state index is -1.75. The van der Waals surface area contributed by atoms with Gasteiger partial charge in [-0.3, -0.25) is 5.32 Å². The van der Waals surface area contributed by atoms with E-state index >= 15 is 0 Å². The van der Waals surface area contributed by atoms with E-state index in [1.807, 2.05) is 6.07 Å². The first-order valence-corrected chi connectivity index (χ1v) is 6.42. The van der Waals surface area contributed by atoms with E-state index < -0.39 is 5.09 Å². The Bertz CT molecular complexity index is 661. The maximum atomic E-state index is 8.25. The van der Waals surface area contributed by atoms with Gasteiger partial charge < -0.3 is 25.0 Å². The summed E-state index contributed by atoms with van der Waals surface area (Å²) in [6, 6.07) is 6.11. The fraction of sp³-hybridized carbons (Fsp3) is 0.308. The number of fused-ring (bicyclic) bond motifs is 1. The van der Waals surface area contributed by atoms with Crippen molar-refractivity contribution in [1.29, 1.82) is 0 Å². The van der Waals surface area contributed by atoms with E-state index in [9.17, 15) is 0 Å². The van der Waals surface area contributed by atoms with E-state index in [1.54, 1.807) is 7.11 Å². The average Bonchev–Trinajstić information content (AvgIpc) is 3.08. The zero-order chi connectivity index (χ0) is 15.2. The molecule has 1 aliphatic heterocycles. The van der Waals surface area contributed by atoms with Gasteiger partial charge in [0.15, 0.2) is 5.84 Å². The third-order valence-electron chi connectivity index (χ3n) is 3.17. The molecule has 8 nitrogen and oxygen atoms in total. The van der Waals surface area contributed by atoms with Crippen molar-refractivity contribution in [3.05, 3.63) is 45.3 Å². The van der Waals surface area contributed by atoms with Gasteiger partial charge in [-0.05, 0) is 23.8 Å². The Balaban J connectivity index is 0.000000361. The van der Waals surface area contributed by atoms with Gasteiger partial charge in [-0.2, -0.15) is 0 Å². The summed E-state index contributed by atoms with van der Waals surface area (Å²) in [5.41, 5.74) is 2.44. The number of nitrogens with zero attached hydrogens (tertiary/aromatic N) is 2. The first-order valence-electron chi connectivity index (χ1n) is 6.42. The fourth-order valence-corrected chi connectivity index (χ4v) is 2.26. The third-order valence-corrected chi connectivity index (χ3v) is 3.17. The molecule has 2 aromatic rings. The lowest BCUT2D eigenvalue weighted by atomic mass is 10.1. The first kappa shape index (κ1) is 14.8. The molecule has 8 heteroatoms. The maximum Gasteiger partial charge on any atom is 0.199 e. The van der Waals surface area contributed by atoms with Gasteiger partial charge in [0, 0.05) is 17.1 Å². The zero-order valence-corrected chi connectivity index (χ0v) is 11.5. The Hall–Kier alpha value is -2.61. The number of hydrogen-bond acceptors (Lipinski definition) is 5. The summed E-state index contributed by atoms with van der Waals surface area (Å²) < 4.78 is 5.26. The van der Waals surface area contributed by atoms with Gasteiger partial charge in [0.2, 0.25) is 0 Å². The molecule has 0 saturated heterocycles. The lowest BCUT2D eigenvalue weighted by molar-refractivity contribution is -0.529. The SMILES string of the molecule is COc1ccc2[nH]cc(CC3=NCC[NH2+]3)c2c1.O=[N+]([O-])[O-]. The number of aromatic nitrogens is 1. The fourth-order valence-electron chi connectivity index (χ4n) is 2.26. The summed E-state index contributed by atoms with van der Waals surface area (Å²) >= 11 is 0.